The van der Waals surface area contributed by atoms with E-state index < -0.39 is 0 Å². The fraction of sp³-hybridized carbons (Fsp3) is 0.412. The Morgan fingerprint density at radius 2 is 2.12 bits per heavy atom. The molecule has 0 saturated heterocycles. The summed E-state index contributed by atoms with van der Waals surface area (Å²) in [5, 5.41) is 8.16. The molecule has 0 aliphatic heterocycles. The Morgan fingerprint density at radius 1 is 1.29 bits per heavy atom. The molecule has 0 atom stereocenters. The summed E-state index contributed by atoms with van der Waals surface area (Å²) < 4.78 is 7.40. The Kier molecular flexibility index (Phi) is 5.63. The van der Waals surface area contributed by atoms with Crippen molar-refractivity contribution in [3.05, 3.63) is 45.7 Å². The normalized spacial score (nSPS) is 13.4. The van der Waals surface area contributed by atoms with E-state index in [9.17, 15) is 4.79 Å². The van der Waals surface area contributed by atoms with E-state index in [1.807, 2.05) is 10.9 Å². The lowest BCUT2D eigenvalue weighted by Crippen LogP contribution is -2.32. The first-order chi connectivity index (χ1) is 11.6. The smallest absolute Gasteiger partial charge is 0.258 e. The van der Waals surface area contributed by atoms with Gasteiger partial charge in [0.05, 0.1) is 17.8 Å². The molecule has 24 heavy (non-hydrogen) atoms. The molecule has 2 aromatic rings. The van der Waals surface area contributed by atoms with E-state index in [4.69, 9.17) is 27.9 Å². The maximum absolute atomic E-state index is 11.9. The van der Waals surface area contributed by atoms with Gasteiger partial charge >= 0.3 is 0 Å². The Labute approximate surface area is 150 Å². The van der Waals surface area contributed by atoms with E-state index >= 15 is 0 Å². The summed E-state index contributed by atoms with van der Waals surface area (Å²) in [5.41, 5.74) is 2.65. The van der Waals surface area contributed by atoms with Crippen molar-refractivity contribution in [3.8, 4) is 5.75 Å². The summed E-state index contributed by atoms with van der Waals surface area (Å²) in [4.78, 5) is 11.9. The van der Waals surface area contributed by atoms with Crippen LogP contribution in [0, 0.1) is 0 Å². The number of carbonyl (C=O) groups is 1. The second-order valence-electron chi connectivity index (χ2n) is 5.76. The molecule has 0 fully saturated rings. The zero-order valence-electron chi connectivity index (χ0n) is 13.2. The first kappa shape index (κ1) is 17.1. The predicted octanol–water partition coefficient (Wildman–Crippen LogP) is 3.26. The summed E-state index contributed by atoms with van der Waals surface area (Å²) >= 11 is 11.8. The average Bonchev–Trinajstić information content (AvgIpc) is 2.97. The highest BCUT2D eigenvalue weighted by Crippen LogP contribution is 2.27. The van der Waals surface area contributed by atoms with Crippen molar-refractivity contribution in [2.75, 3.05) is 13.2 Å². The second-order valence-corrected chi connectivity index (χ2v) is 6.60. The summed E-state index contributed by atoms with van der Waals surface area (Å²) in [6.45, 7) is 1.10. The van der Waals surface area contributed by atoms with Gasteiger partial charge in [-0.25, -0.2) is 0 Å². The molecule has 7 heteroatoms. The lowest BCUT2D eigenvalue weighted by atomic mass is 9.98. The van der Waals surface area contributed by atoms with Crippen molar-refractivity contribution >= 4 is 29.1 Å². The molecule has 1 aromatic carbocycles. The molecule has 1 aliphatic rings. The minimum atomic E-state index is -0.193. The first-order valence-electron chi connectivity index (χ1n) is 8.01. The van der Waals surface area contributed by atoms with Gasteiger partial charge in [-0.2, -0.15) is 5.10 Å². The van der Waals surface area contributed by atoms with Crippen molar-refractivity contribution in [1.82, 2.24) is 15.1 Å². The molecular weight excluding hydrogens is 349 g/mol. The number of rotatable bonds is 6. The van der Waals surface area contributed by atoms with Crippen LogP contribution in [0.4, 0.5) is 0 Å². The third-order valence-electron chi connectivity index (χ3n) is 4.04. The maximum Gasteiger partial charge on any atom is 0.258 e. The number of amides is 1. The van der Waals surface area contributed by atoms with Crippen LogP contribution in [0.2, 0.25) is 10.0 Å². The van der Waals surface area contributed by atoms with E-state index in [1.54, 1.807) is 18.2 Å². The molecule has 128 valence electrons. The van der Waals surface area contributed by atoms with E-state index in [2.05, 4.69) is 10.4 Å². The van der Waals surface area contributed by atoms with Crippen molar-refractivity contribution in [2.45, 2.75) is 32.2 Å². The van der Waals surface area contributed by atoms with Crippen molar-refractivity contribution in [3.63, 3.8) is 0 Å². The number of nitrogens with one attached hydrogen (secondary N) is 1. The molecule has 3 rings (SSSR count). The number of nitrogens with zero attached hydrogens (tertiary/aromatic N) is 2. The topological polar surface area (TPSA) is 56.1 Å². The molecule has 1 N–H and O–H groups in total. The number of hydrogen-bond acceptors (Lipinski definition) is 3. The van der Waals surface area contributed by atoms with Gasteiger partial charge in [0, 0.05) is 17.3 Å². The molecule has 1 heterocycles. The summed E-state index contributed by atoms with van der Waals surface area (Å²) in [7, 11) is 0. The first-order valence-corrected chi connectivity index (χ1v) is 8.77. The van der Waals surface area contributed by atoms with Gasteiger partial charge in [-0.1, -0.05) is 23.2 Å². The van der Waals surface area contributed by atoms with Crippen LogP contribution in [0.1, 0.15) is 24.1 Å². The molecule has 0 saturated carbocycles. The monoisotopic (exact) mass is 367 g/mol. The Bertz CT molecular complexity index is 731. The van der Waals surface area contributed by atoms with Gasteiger partial charge in [0.25, 0.3) is 5.91 Å². The molecule has 0 radical (unpaired) electrons. The average molecular weight is 368 g/mol. The summed E-state index contributed by atoms with van der Waals surface area (Å²) in [6.07, 6.45) is 6.57. The van der Waals surface area contributed by atoms with E-state index in [0.29, 0.717) is 28.9 Å². The van der Waals surface area contributed by atoms with E-state index in [1.165, 1.54) is 24.1 Å². The molecule has 1 aromatic heterocycles. The zero-order chi connectivity index (χ0) is 16.9. The number of hydrogen-bond donors (Lipinski definition) is 1. The third kappa shape index (κ3) is 4.22. The zero-order valence-corrected chi connectivity index (χ0v) is 14.7. The standard InChI is InChI=1S/C17H19Cl2N3O2/c18-13-5-6-16(14(19)9-13)24-11-17(23)20-7-8-22-15-4-2-1-3-12(15)10-21-22/h5-6,9-10H,1-4,7-8,11H2,(H,20,23). The Balaban J connectivity index is 1.43. The number of ether oxygens (including phenoxy) is 1. The lowest BCUT2D eigenvalue weighted by molar-refractivity contribution is -0.123. The van der Waals surface area contributed by atoms with Crippen LogP contribution in [0.25, 0.3) is 0 Å². The number of benzene rings is 1. The maximum atomic E-state index is 11.9. The van der Waals surface area contributed by atoms with Gasteiger partial charge in [0.15, 0.2) is 6.61 Å². The van der Waals surface area contributed by atoms with Gasteiger partial charge in [0.1, 0.15) is 5.75 Å². The second kappa shape index (κ2) is 7.90. The summed E-state index contributed by atoms with van der Waals surface area (Å²) in [5.74, 6) is 0.249. The molecule has 5 nitrogen and oxygen atoms in total. The van der Waals surface area contributed by atoms with Crippen LogP contribution in [0.3, 0.4) is 0 Å². The van der Waals surface area contributed by atoms with E-state index in [-0.39, 0.29) is 12.5 Å². The number of aryl methyl sites for hydroxylation is 1. The molecule has 0 unspecified atom stereocenters. The lowest BCUT2D eigenvalue weighted by Gasteiger charge is -2.14. The molecule has 0 bridgehead atoms. The van der Waals surface area contributed by atoms with Crippen LogP contribution in [0.15, 0.2) is 24.4 Å². The van der Waals surface area contributed by atoms with Crippen LogP contribution >= 0.6 is 23.2 Å². The SMILES string of the molecule is O=C(COc1ccc(Cl)cc1Cl)NCCn1ncc2c1CCCC2. The highest BCUT2D eigenvalue weighted by atomic mass is 35.5. The molecule has 0 spiro atoms. The molecule has 1 amide bonds. The quantitative estimate of drug-likeness (QED) is 0.852. The van der Waals surface area contributed by atoms with Crippen LogP contribution in [-0.4, -0.2) is 28.8 Å². The number of halogens is 2. The van der Waals surface area contributed by atoms with Crippen molar-refractivity contribution < 1.29 is 9.53 Å². The fourth-order valence-electron chi connectivity index (χ4n) is 2.84. The van der Waals surface area contributed by atoms with Crippen molar-refractivity contribution in [1.29, 1.82) is 0 Å². The Morgan fingerprint density at radius 3 is 2.96 bits per heavy atom. The van der Waals surface area contributed by atoms with Gasteiger partial charge < -0.3 is 10.1 Å². The number of aromatic nitrogens is 2. The van der Waals surface area contributed by atoms with Crippen LogP contribution < -0.4 is 10.1 Å². The number of carbonyl (C=O) groups excluding carboxylic acids is 1. The highest BCUT2D eigenvalue weighted by Gasteiger charge is 2.14. The summed E-state index contributed by atoms with van der Waals surface area (Å²) in [6, 6.07) is 4.90. The van der Waals surface area contributed by atoms with Crippen LogP contribution in [0.5, 0.6) is 5.75 Å². The van der Waals surface area contributed by atoms with Gasteiger partial charge in [-0.15, -0.1) is 0 Å². The molecular formula is C17H19Cl2N3O2. The van der Waals surface area contributed by atoms with Crippen LogP contribution in [-0.2, 0) is 24.2 Å². The Hall–Kier alpha value is -1.72. The third-order valence-corrected chi connectivity index (χ3v) is 4.57. The largest absolute Gasteiger partial charge is 0.482 e. The van der Waals surface area contributed by atoms with Gasteiger partial charge in [-0.05, 0) is 49.4 Å². The predicted molar refractivity (Wildman–Crippen MR) is 93.8 cm³/mol. The minimum absolute atomic E-state index is 0.0848. The van der Waals surface area contributed by atoms with Gasteiger partial charge in [-0.3, -0.25) is 9.48 Å². The fourth-order valence-corrected chi connectivity index (χ4v) is 3.30. The van der Waals surface area contributed by atoms with Crippen molar-refractivity contribution in [2.24, 2.45) is 0 Å². The van der Waals surface area contributed by atoms with E-state index in [0.717, 1.165) is 12.8 Å². The number of fused-ring (bicyclic) bond motifs is 1. The highest BCUT2D eigenvalue weighted by molar-refractivity contribution is 6.35. The minimum Gasteiger partial charge on any atom is -0.482 e. The molecule has 1 aliphatic carbocycles. The van der Waals surface area contributed by atoms with Gasteiger partial charge in [0.2, 0.25) is 0 Å².